The zero-order valence-corrected chi connectivity index (χ0v) is 14.3. The fraction of sp³-hybridized carbons (Fsp3) is 0.286. The van der Waals surface area contributed by atoms with Crippen LogP contribution in [0.2, 0.25) is 0 Å². The Balaban J connectivity index is 1.52. The molecule has 0 spiro atoms. The summed E-state index contributed by atoms with van der Waals surface area (Å²) in [5.41, 5.74) is 2.08. The Morgan fingerprint density at radius 3 is 2.88 bits per heavy atom. The van der Waals surface area contributed by atoms with Crippen molar-refractivity contribution in [2.45, 2.75) is 25.5 Å². The maximum Gasteiger partial charge on any atom is 0.244 e. The minimum Gasteiger partial charge on any atom is -0.489 e. The van der Waals surface area contributed by atoms with Crippen LogP contribution in [0.25, 0.3) is 6.08 Å². The average Bonchev–Trinajstić information content (AvgIpc) is 2.67. The van der Waals surface area contributed by atoms with Crippen molar-refractivity contribution in [1.29, 1.82) is 0 Å². The summed E-state index contributed by atoms with van der Waals surface area (Å²) < 4.78 is 5.82. The summed E-state index contributed by atoms with van der Waals surface area (Å²) in [6, 6.07) is 18.0. The molecule has 1 aliphatic rings. The van der Waals surface area contributed by atoms with Gasteiger partial charge >= 0.3 is 0 Å². The Kier molecular flexibility index (Phi) is 6.23. The van der Waals surface area contributed by atoms with E-state index in [4.69, 9.17) is 4.74 Å². The number of amides is 1. The molecular weight excluding hydrogens is 312 g/mol. The third kappa shape index (κ3) is 5.76. The van der Waals surface area contributed by atoms with Crippen molar-refractivity contribution in [3.8, 4) is 5.75 Å². The van der Waals surface area contributed by atoms with E-state index in [0.717, 1.165) is 42.8 Å². The molecule has 1 heterocycles. The molecule has 1 aliphatic heterocycles. The molecular formula is C21H24N2O2. The molecule has 0 radical (unpaired) electrons. The van der Waals surface area contributed by atoms with Crippen molar-refractivity contribution in [3.63, 3.8) is 0 Å². The van der Waals surface area contributed by atoms with Gasteiger partial charge in [0.15, 0.2) is 0 Å². The van der Waals surface area contributed by atoms with Crippen LogP contribution in [0, 0.1) is 0 Å². The van der Waals surface area contributed by atoms with E-state index in [1.165, 1.54) is 0 Å². The van der Waals surface area contributed by atoms with Gasteiger partial charge in [-0.25, -0.2) is 0 Å². The topological polar surface area (TPSA) is 50.4 Å². The fourth-order valence-electron chi connectivity index (χ4n) is 2.85. The summed E-state index contributed by atoms with van der Waals surface area (Å²) in [7, 11) is 0. The zero-order chi connectivity index (χ0) is 17.3. The van der Waals surface area contributed by atoms with Gasteiger partial charge in [-0.15, -0.1) is 0 Å². The van der Waals surface area contributed by atoms with Gasteiger partial charge in [0.2, 0.25) is 5.91 Å². The summed E-state index contributed by atoms with van der Waals surface area (Å²) in [6.45, 7) is 2.42. The standard InChI is InChI=1S/C21H24N2O2/c24-21(23-19-9-5-13-22-15-19)12-11-17-8-4-10-20(14-17)25-16-18-6-2-1-3-7-18/h1-4,6-8,10-12,14,19,22H,5,9,13,15-16H2,(H,23,24)/b12-11+. The lowest BCUT2D eigenvalue weighted by Gasteiger charge is -2.23. The van der Waals surface area contributed by atoms with Crippen molar-refractivity contribution < 1.29 is 9.53 Å². The predicted molar refractivity (Wildman–Crippen MR) is 100 cm³/mol. The monoisotopic (exact) mass is 336 g/mol. The maximum absolute atomic E-state index is 12.0. The van der Waals surface area contributed by atoms with Gasteiger partial charge in [-0.05, 0) is 48.7 Å². The molecule has 0 saturated carbocycles. The van der Waals surface area contributed by atoms with E-state index in [9.17, 15) is 4.79 Å². The van der Waals surface area contributed by atoms with Gasteiger partial charge < -0.3 is 15.4 Å². The van der Waals surface area contributed by atoms with Gasteiger partial charge in [0.1, 0.15) is 12.4 Å². The Bertz CT molecular complexity index is 707. The van der Waals surface area contributed by atoms with Crippen molar-refractivity contribution >= 4 is 12.0 Å². The fourth-order valence-corrected chi connectivity index (χ4v) is 2.85. The highest BCUT2D eigenvalue weighted by molar-refractivity contribution is 5.91. The van der Waals surface area contributed by atoms with Crippen molar-refractivity contribution in [3.05, 3.63) is 71.8 Å². The van der Waals surface area contributed by atoms with Gasteiger partial charge in [-0.2, -0.15) is 0 Å². The lowest BCUT2D eigenvalue weighted by Crippen LogP contribution is -2.45. The third-order valence-electron chi connectivity index (χ3n) is 4.18. The molecule has 2 aromatic rings. The highest BCUT2D eigenvalue weighted by Gasteiger charge is 2.13. The summed E-state index contributed by atoms with van der Waals surface area (Å²) >= 11 is 0. The van der Waals surface area contributed by atoms with E-state index in [0.29, 0.717) is 6.61 Å². The number of ether oxygens (including phenoxy) is 1. The SMILES string of the molecule is O=C(/C=C/c1cccc(OCc2ccccc2)c1)NC1CCCNC1. The van der Waals surface area contributed by atoms with E-state index in [1.807, 2.05) is 60.7 Å². The lowest BCUT2D eigenvalue weighted by molar-refractivity contribution is -0.117. The van der Waals surface area contributed by atoms with E-state index in [2.05, 4.69) is 10.6 Å². The van der Waals surface area contributed by atoms with Crippen molar-refractivity contribution in [2.75, 3.05) is 13.1 Å². The first-order chi connectivity index (χ1) is 12.3. The van der Waals surface area contributed by atoms with Gasteiger partial charge in [0, 0.05) is 18.7 Å². The number of carbonyl (C=O) groups is 1. The van der Waals surface area contributed by atoms with Crippen molar-refractivity contribution in [1.82, 2.24) is 10.6 Å². The van der Waals surface area contributed by atoms with Gasteiger partial charge in [0.25, 0.3) is 0 Å². The molecule has 1 fully saturated rings. The minimum absolute atomic E-state index is 0.0516. The van der Waals surface area contributed by atoms with Gasteiger partial charge in [0.05, 0.1) is 0 Å². The normalized spacial score (nSPS) is 17.4. The molecule has 2 N–H and O–H groups in total. The highest BCUT2D eigenvalue weighted by atomic mass is 16.5. The van der Waals surface area contributed by atoms with Crippen LogP contribution >= 0.6 is 0 Å². The molecule has 1 atom stereocenters. The Labute approximate surface area is 148 Å². The second-order valence-electron chi connectivity index (χ2n) is 6.23. The summed E-state index contributed by atoms with van der Waals surface area (Å²) in [5.74, 6) is 0.743. The van der Waals surface area contributed by atoms with Gasteiger partial charge in [-0.3, -0.25) is 4.79 Å². The second-order valence-corrected chi connectivity index (χ2v) is 6.23. The number of benzene rings is 2. The summed E-state index contributed by atoms with van der Waals surface area (Å²) in [4.78, 5) is 12.0. The number of rotatable bonds is 6. The van der Waals surface area contributed by atoms with Crippen LogP contribution in [0.5, 0.6) is 5.75 Å². The van der Waals surface area contributed by atoms with Crippen molar-refractivity contribution in [2.24, 2.45) is 0 Å². The van der Waals surface area contributed by atoms with Crippen LogP contribution in [0.15, 0.2) is 60.7 Å². The quantitative estimate of drug-likeness (QED) is 0.797. The molecule has 3 rings (SSSR count). The van der Waals surface area contributed by atoms with Crippen LogP contribution in [0.3, 0.4) is 0 Å². The Morgan fingerprint density at radius 1 is 1.20 bits per heavy atom. The van der Waals surface area contributed by atoms with Crippen LogP contribution < -0.4 is 15.4 Å². The Morgan fingerprint density at radius 2 is 2.08 bits per heavy atom. The van der Waals surface area contributed by atoms with E-state index in [1.54, 1.807) is 6.08 Å². The number of hydrogen-bond donors (Lipinski definition) is 2. The molecule has 4 nitrogen and oxygen atoms in total. The first kappa shape index (κ1) is 17.2. The molecule has 1 saturated heterocycles. The summed E-state index contributed by atoms with van der Waals surface area (Å²) in [5, 5.41) is 6.32. The second kappa shape index (κ2) is 9.04. The van der Waals surface area contributed by atoms with Crippen LogP contribution in [-0.4, -0.2) is 25.0 Å². The number of piperidine rings is 1. The van der Waals surface area contributed by atoms with Crippen LogP contribution in [0.1, 0.15) is 24.0 Å². The molecule has 0 bridgehead atoms. The van der Waals surface area contributed by atoms with E-state index < -0.39 is 0 Å². The highest BCUT2D eigenvalue weighted by Crippen LogP contribution is 2.16. The van der Waals surface area contributed by atoms with Gasteiger partial charge in [-0.1, -0.05) is 42.5 Å². The number of carbonyl (C=O) groups excluding carboxylic acids is 1. The minimum atomic E-state index is -0.0516. The molecule has 1 unspecified atom stereocenters. The molecule has 25 heavy (non-hydrogen) atoms. The maximum atomic E-state index is 12.0. The third-order valence-corrected chi connectivity index (χ3v) is 4.18. The van der Waals surface area contributed by atoms with E-state index >= 15 is 0 Å². The molecule has 2 aromatic carbocycles. The number of nitrogens with one attached hydrogen (secondary N) is 2. The van der Waals surface area contributed by atoms with E-state index in [-0.39, 0.29) is 11.9 Å². The summed E-state index contributed by atoms with van der Waals surface area (Å²) in [6.07, 6.45) is 5.55. The Hall–Kier alpha value is -2.59. The molecule has 0 aromatic heterocycles. The average molecular weight is 336 g/mol. The molecule has 1 amide bonds. The number of hydrogen-bond acceptors (Lipinski definition) is 3. The smallest absolute Gasteiger partial charge is 0.244 e. The molecule has 130 valence electrons. The first-order valence-corrected chi connectivity index (χ1v) is 8.76. The molecule has 0 aliphatic carbocycles. The first-order valence-electron chi connectivity index (χ1n) is 8.76. The molecule has 4 heteroatoms. The zero-order valence-electron chi connectivity index (χ0n) is 14.3. The largest absolute Gasteiger partial charge is 0.489 e. The van der Waals surface area contributed by atoms with Crippen LogP contribution in [-0.2, 0) is 11.4 Å². The van der Waals surface area contributed by atoms with Crippen LogP contribution in [0.4, 0.5) is 0 Å². The predicted octanol–water partition coefficient (Wildman–Crippen LogP) is 3.15. The lowest BCUT2D eigenvalue weighted by atomic mass is 10.1.